The SMILES string of the molecule is COc1cccc(C2NC(C)C(=O)N2C(C)C(C)(C)C)c1. The van der Waals surface area contributed by atoms with E-state index in [2.05, 4.69) is 33.0 Å². The summed E-state index contributed by atoms with van der Waals surface area (Å²) in [6.45, 7) is 10.5. The van der Waals surface area contributed by atoms with Gasteiger partial charge < -0.3 is 9.64 Å². The number of carbonyl (C=O) groups excluding carboxylic acids is 1. The Kier molecular flexibility index (Phi) is 4.28. The van der Waals surface area contributed by atoms with Gasteiger partial charge in [0.15, 0.2) is 0 Å². The number of nitrogens with one attached hydrogen (secondary N) is 1. The highest BCUT2D eigenvalue weighted by Crippen LogP contribution is 2.35. The molecule has 1 N–H and O–H groups in total. The summed E-state index contributed by atoms with van der Waals surface area (Å²) in [7, 11) is 1.66. The van der Waals surface area contributed by atoms with E-state index < -0.39 is 0 Å². The summed E-state index contributed by atoms with van der Waals surface area (Å²) in [5, 5.41) is 3.40. The second-order valence-electron chi connectivity index (χ2n) is 6.86. The standard InChI is InChI=1S/C17H26N2O2/c1-11-16(20)19(12(2)17(3,4)5)15(18-11)13-8-7-9-14(10-13)21-6/h7-12,15,18H,1-6H3. The zero-order valence-electron chi connectivity index (χ0n) is 13.8. The van der Waals surface area contributed by atoms with Gasteiger partial charge in [0.2, 0.25) is 5.91 Å². The van der Waals surface area contributed by atoms with Crippen molar-refractivity contribution in [3.05, 3.63) is 29.8 Å². The molecule has 1 aliphatic heterocycles. The Balaban J connectivity index is 2.38. The molecule has 0 aliphatic carbocycles. The van der Waals surface area contributed by atoms with Gasteiger partial charge in [-0.2, -0.15) is 0 Å². The normalized spacial score (nSPS) is 24.3. The summed E-state index contributed by atoms with van der Waals surface area (Å²) < 4.78 is 5.30. The van der Waals surface area contributed by atoms with Gasteiger partial charge in [-0.1, -0.05) is 32.9 Å². The van der Waals surface area contributed by atoms with Gasteiger partial charge in [0.25, 0.3) is 0 Å². The van der Waals surface area contributed by atoms with E-state index in [-0.39, 0.29) is 29.6 Å². The van der Waals surface area contributed by atoms with Gasteiger partial charge in [-0.3, -0.25) is 10.1 Å². The summed E-state index contributed by atoms with van der Waals surface area (Å²) in [4.78, 5) is 14.5. The van der Waals surface area contributed by atoms with Gasteiger partial charge in [-0.15, -0.1) is 0 Å². The van der Waals surface area contributed by atoms with E-state index in [1.165, 1.54) is 0 Å². The molecule has 1 heterocycles. The van der Waals surface area contributed by atoms with Gasteiger partial charge in [-0.25, -0.2) is 0 Å². The van der Waals surface area contributed by atoms with Crippen molar-refractivity contribution in [1.82, 2.24) is 10.2 Å². The number of carbonyl (C=O) groups is 1. The number of nitrogens with zero attached hydrogens (tertiary/aromatic N) is 1. The fourth-order valence-corrected chi connectivity index (χ4v) is 2.64. The third-order valence-electron chi connectivity index (χ3n) is 4.39. The van der Waals surface area contributed by atoms with Gasteiger partial charge in [0.1, 0.15) is 11.9 Å². The number of hydrogen-bond acceptors (Lipinski definition) is 3. The molecular formula is C17H26N2O2. The van der Waals surface area contributed by atoms with Crippen LogP contribution < -0.4 is 10.1 Å². The van der Waals surface area contributed by atoms with Gasteiger partial charge >= 0.3 is 0 Å². The lowest BCUT2D eigenvalue weighted by Crippen LogP contribution is -2.45. The van der Waals surface area contributed by atoms with E-state index in [0.29, 0.717) is 0 Å². The third-order valence-corrected chi connectivity index (χ3v) is 4.39. The topological polar surface area (TPSA) is 41.6 Å². The minimum atomic E-state index is -0.161. The van der Waals surface area contributed by atoms with Crippen LogP contribution in [0.2, 0.25) is 0 Å². The Morgan fingerprint density at radius 1 is 1.33 bits per heavy atom. The predicted molar refractivity (Wildman–Crippen MR) is 84.1 cm³/mol. The van der Waals surface area contributed by atoms with E-state index in [1.807, 2.05) is 36.1 Å². The van der Waals surface area contributed by atoms with Crippen molar-refractivity contribution in [2.24, 2.45) is 5.41 Å². The molecule has 1 saturated heterocycles. The molecule has 0 radical (unpaired) electrons. The molecule has 1 fully saturated rings. The largest absolute Gasteiger partial charge is 0.497 e. The van der Waals surface area contributed by atoms with Crippen LogP contribution in [0.1, 0.15) is 46.3 Å². The summed E-state index contributed by atoms with van der Waals surface area (Å²) in [5.74, 6) is 0.968. The van der Waals surface area contributed by atoms with Crippen LogP contribution in [0.25, 0.3) is 0 Å². The highest BCUT2D eigenvalue weighted by Gasteiger charge is 2.43. The highest BCUT2D eigenvalue weighted by atomic mass is 16.5. The first kappa shape index (κ1) is 15.8. The second-order valence-corrected chi connectivity index (χ2v) is 6.86. The van der Waals surface area contributed by atoms with Crippen molar-refractivity contribution in [2.75, 3.05) is 7.11 Å². The summed E-state index contributed by atoms with van der Waals surface area (Å²) in [6.07, 6.45) is -0.100. The van der Waals surface area contributed by atoms with Crippen molar-refractivity contribution in [3.63, 3.8) is 0 Å². The molecule has 1 amide bonds. The summed E-state index contributed by atoms with van der Waals surface area (Å²) in [5.41, 5.74) is 1.08. The number of hydrogen-bond donors (Lipinski definition) is 1. The van der Waals surface area contributed by atoms with E-state index >= 15 is 0 Å². The number of ether oxygens (including phenoxy) is 1. The lowest BCUT2D eigenvalue weighted by atomic mass is 9.86. The fraction of sp³-hybridized carbons (Fsp3) is 0.588. The van der Waals surface area contributed by atoms with Gasteiger partial charge in [-0.05, 0) is 37.0 Å². The van der Waals surface area contributed by atoms with Crippen LogP contribution in [0.5, 0.6) is 5.75 Å². The van der Waals surface area contributed by atoms with Crippen molar-refractivity contribution in [3.8, 4) is 5.75 Å². The van der Waals surface area contributed by atoms with Crippen LogP contribution in [0.4, 0.5) is 0 Å². The maximum absolute atomic E-state index is 12.6. The summed E-state index contributed by atoms with van der Waals surface area (Å²) in [6, 6.07) is 7.88. The van der Waals surface area contributed by atoms with Crippen LogP contribution in [0.3, 0.4) is 0 Å². The predicted octanol–water partition coefficient (Wildman–Crippen LogP) is 2.95. The third kappa shape index (κ3) is 3.05. The monoisotopic (exact) mass is 290 g/mol. The average molecular weight is 290 g/mol. The van der Waals surface area contributed by atoms with Crippen molar-refractivity contribution >= 4 is 5.91 Å². The Morgan fingerprint density at radius 2 is 2.00 bits per heavy atom. The molecule has 4 heteroatoms. The Hall–Kier alpha value is -1.55. The zero-order valence-corrected chi connectivity index (χ0v) is 13.8. The molecule has 21 heavy (non-hydrogen) atoms. The number of benzene rings is 1. The summed E-state index contributed by atoms with van der Waals surface area (Å²) >= 11 is 0. The number of amides is 1. The van der Waals surface area contributed by atoms with E-state index in [4.69, 9.17) is 4.74 Å². The van der Waals surface area contributed by atoms with E-state index in [1.54, 1.807) is 7.11 Å². The minimum absolute atomic E-state index is 0.0263. The molecule has 3 unspecified atom stereocenters. The number of methoxy groups -OCH3 is 1. The van der Waals surface area contributed by atoms with E-state index in [9.17, 15) is 4.79 Å². The molecule has 116 valence electrons. The van der Waals surface area contributed by atoms with E-state index in [0.717, 1.165) is 11.3 Å². The maximum atomic E-state index is 12.6. The molecule has 0 saturated carbocycles. The Labute approximate surface area is 127 Å². The molecular weight excluding hydrogens is 264 g/mol. The second kappa shape index (κ2) is 5.68. The van der Waals surface area contributed by atoms with Crippen molar-refractivity contribution < 1.29 is 9.53 Å². The lowest BCUT2D eigenvalue weighted by Gasteiger charge is -2.38. The van der Waals surface area contributed by atoms with Gasteiger partial charge in [0, 0.05) is 6.04 Å². The first-order valence-corrected chi connectivity index (χ1v) is 7.48. The van der Waals surface area contributed by atoms with Crippen LogP contribution in [0, 0.1) is 5.41 Å². The van der Waals surface area contributed by atoms with Crippen LogP contribution >= 0.6 is 0 Å². The van der Waals surface area contributed by atoms with Crippen LogP contribution in [-0.4, -0.2) is 30.0 Å². The minimum Gasteiger partial charge on any atom is -0.497 e. The van der Waals surface area contributed by atoms with Crippen molar-refractivity contribution in [2.45, 2.75) is 52.9 Å². The van der Waals surface area contributed by atoms with Crippen molar-refractivity contribution in [1.29, 1.82) is 0 Å². The molecule has 0 aromatic heterocycles. The molecule has 1 aromatic carbocycles. The molecule has 0 bridgehead atoms. The fourth-order valence-electron chi connectivity index (χ4n) is 2.64. The Morgan fingerprint density at radius 3 is 2.57 bits per heavy atom. The smallest absolute Gasteiger partial charge is 0.241 e. The van der Waals surface area contributed by atoms with Gasteiger partial charge in [0.05, 0.1) is 13.2 Å². The Bertz CT molecular complexity index is 522. The molecule has 2 rings (SSSR count). The average Bonchev–Trinajstić information content (AvgIpc) is 2.73. The van der Waals surface area contributed by atoms with Crippen LogP contribution in [-0.2, 0) is 4.79 Å². The first-order chi connectivity index (χ1) is 9.75. The maximum Gasteiger partial charge on any atom is 0.241 e. The molecule has 4 nitrogen and oxygen atoms in total. The molecule has 1 aromatic rings. The first-order valence-electron chi connectivity index (χ1n) is 7.48. The number of rotatable bonds is 3. The molecule has 1 aliphatic rings. The molecule has 0 spiro atoms. The zero-order chi connectivity index (χ0) is 15.8. The highest BCUT2D eigenvalue weighted by molar-refractivity contribution is 5.84. The quantitative estimate of drug-likeness (QED) is 0.930. The lowest BCUT2D eigenvalue weighted by molar-refractivity contribution is -0.134. The van der Waals surface area contributed by atoms with Crippen LogP contribution in [0.15, 0.2) is 24.3 Å². The molecule has 3 atom stereocenters.